The summed E-state index contributed by atoms with van der Waals surface area (Å²) < 4.78 is 10.2. The molecule has 4 heteroatoms. The van der Waals surface area contributed by atoms with Crippen molar-refractivity contribution < 1.29 is 14.3 Å². The van der Waals surface area contributed by atoms with Gasteiger partial charge in [0.05, 0.1) is 19.8 Å². The third-order valence-corrected chi connectivity index (χ3v) is 3.05. The Morgan fingerprint density at radius 1 is 1.56 bits per heavy atom. The monoisotopic (exact) mass is 229 g/mol. The summed E-state index contributed by atoms with van der Waals surface area (Å²) in [6.45, 7) is 5.23. The lowest BCUT2D eigenvalue weighted by Crippen LogP contribution is -2.31. The zero-order valence-electron chi connectivity index (χ0n) is 10.4. The normalized spacial score (nSPS) is 20.3. The molecule has 0 aromatic rings. The number of ether oxygens (including phenoxy) is 2. The molecule has 1 heterocycles. The lowest BCUT2D eigenvalue weighted by molar-refractivity contribution is -0.141. The highest BCUT2D eigenvalue weighted by Gasteiger charge is 2.15. The number of rotatable bonds is 7. The molecule has 94 valence electrons. The Bertz CT molecular complexity index is 202. The van der Waals surface area contributed by atoms with E-state index in [2.05, 4.69) is 16.6 Å². The molecule has 1 aliphatic heterocycles. The van der Waals surface area contributed by atoms with Gasteiger partial charge in [0.2, 0.25) is 0 Å². The molecule has 1 atom stereocenters. The molecular formula is C12H23NO3. The highest BCUT2D eigenvalue weighted by Crippen LogP contribution is 2.16. The third-order valence-electron chi connectivity index (χ3n) is 3.05. The van der Waals surface area contributed by atoms with Crippen molar-refractivity contribution in [3.8, 4) is 0 Å². The maximum atomic E-state index is 11.1. The van der Waals surface area contributed by atoms with Crippen LogP contribution in [0.25, 0.3) is 0 Å². The zero-order chi connectivity index (χ0) is 11.8. The Morgan fingerprint density at radius 2 is 2.38 bits per heavy atom. The Labute approximate surface area is 97.9 Å². The number of carbonyl (C=O) groups is 1. The van der Waals surface area contributed by atoms with E-state index in [1.807, 2.05) is 0 Å². The number of esters is 1. The van der Waals surface area contributed by atoms with Crippen LogP contribution in [0.1, 0.15) is 32.6 Å². The lowest BCUT2D eigenvalue weighted by atomic mass is 10.1. The van der Waals surface area contributed by atoms with Gasteiger partial charge in [0.15, 0.2) is 0 Å². The summed E-state index contributed by atoms with van der Waals surface area (Å²) in [5, 5.41) is 0. The predicted octanol–water partition coefficient (Wildman–Crippen LogP) is 1.44. The number of nitrogens with zero attached hydrogens (tertiary/aromatic N) is 1. The number of methoxy groups -OCH3 is 1. The number of likely N-dealkylation sites (N-methyl/N-ethyl adjacent to an activating group) is 1. The maximum absolute atomic E-state index is 11.1. The van der Waals surface area contributed by atoms with E-state index in [0.29, 0.717) is 12.6 Å². The summed E-state index contributed by atoms with van der Waals surface area (Å²) in [6.07, 6.45) is 5.05. The van der Waals surface area contributed by atoms with Gasteiger partial charge >= 0.3 is 5.97 Å². The summed E-state index contributed by atoms with van der Waals surface area (Å²) in [5.74, 6) is -0.154. The zero-order valence-corrected chi connectivity index (χ0v) is 10.4. The quantitative estimate of drug-likeness (QED) is 0.619. The van der Waals surface area contributed by atoms with Crippen LogP contribution in [0.15, 0.2) is 0 Å². The Hall–Kier alpha value is -0.610. The summed E-state index contributed by atoms with van der Waals surface area (Å²) in [6, 6.07) is 0. The van der Waals surface area contributed by atoms with Crippen LogP contribution < -0.4 is 0 Å². The van der Waals surface area contributed by atoms with Gasteiger partial charge in [-0.05, 0) is 38.8 Å². The molecule has 0 N–H and O–H groups in total. The van der Waals surface area contributed by atoms with Crippen LogP contribution in [0.4, 0.5) is 0 Å². The fourth-order valence-electron chi connectivity index (χ4n) is 2.01. The minimum absolute atomic E-state index is 0.154. The van der Waals surface area contributed by atoms with Crippen LogP contribution in [0.5, 0.6) is 0 Å². The van der Waals surface area contributed by atoms with Gasteiger partial charge in [-0.15, -0.1) is 0 Å². The molecule has 1 saturated heterocycles. The van der Waals surface area contributed by atoms with Gasteiger partial charge in [-0.1, -0.05) is 6.92 Å². The molecule has 0 aliphatic carbocycles. The van der Waals surface area contributed by atoms with Crippen molar-refractivity contribution in [2.24, 2.45) is 0 Å². The van der Waals surface area contributed by atoms with Crippen molar-refractivity contribution in [1.82, 2.24) is 4.90 Å². The summed E-state index contributed by atoms with van der Waals surface area (Å²) in [4.78, 5) is 13.2. The molecule has 16 heavy (non-hydrogen) atoms. The molecule has 0 aromatic heterocycles. The van der Waals surface area contributed by atoms with Crippen LogP contribution in [-0.4, -0.2) is 50.3 Å². The lowest BCUT2D eigenvalue weighted by Gasteiger charge is -2.19. The molecule has 0 radical (unpaired) electrons. The van der Waals surface area contributed by atoms with E-state index in [1.54, 1.807) is 0 Å². The van der Waals surface area contributed by atoms with Gasteiger partial charge < -0.3 is 9.47 Å². The highest BCUT2D eigenvalue weighted by atomic mass is 16.5. The number of hydrogen-bond acceptors (Lipinski definition) is 4. The molecule has 0 saturated carbocycles. The molecular weight excluding hydrogens is 206 g/mol. The van der Waals surface area contributed by atoms with Crippen molar-refractivity contribution in [2.75, 3.05) is 33.4 Å². The van der Waals surface area contributed by atoms with Crippen LogP contribution in [0, 0.1) is 0 Å². The second kappa shape index (κ2) is 7.63. The highest BCUT2D eigenvalue weighted by molar-refractivity contribution is 5.71. The van der Waals surface area contributed by atoms with Gasteiger partial charge in [0, 0.05) is 6.61 Å². The summed E-state index contributed by atoms with van der Waals surface area (Å²) in [7, 11) is 1.43. The fraction of sp³-hybridized carbons (Fsp3) is 0.917. The van der Waals surface area contributed by atoms with E-state index in [9.17, 15) is 4.79 Å². The van der Waals surface area contributed by atoms with E-state index in [-0.39, 0.29) is 5.97 Å². The van der Waals surface area contributed by atoms with E-state index < -0.39 is 0 Å². The van der Waals surface area contributed by atoms with Crippen molar-refractivity contribution in [1.29, 1.82) is 0 Å². The number of carbonyl (C=O) groups excluding carboxylic acids is 1. The molecule has 0 spiro atoms. The van der Waals surface area contributed by atoms with Gasteiger partial charge in [-0.3, -0.25) is 9.69 Å². The molecule has 1 unspecified atom stereocenters. The van der Waals surface area contributed by atoms with Crippen molar-refractivity contribution in [3.05, 3.63) is 0 Å². The van der Waals surface area contributed by atoms with Crippen molar-refractivity contribution in [2.45, 2.75) is 38.7 Å². The average molecular weight is 229 g/mol. The molecule has 0 bridgehead atoms. The SMILES string of the molecule is CCN(CCCC1CCCO1)CC(=O)OC. The number of hydrogen-bond donors (Lipinski definition) is 0. The first-order valence-corrected chi connectivity index (χ1v) is 6.17. The minimum atomic E-state index is -0.154. The smallest absolute Gasteiger partial charge is 0.319 e. The first-order valence-electron chi connectivity index (χ1n) is 6.17. The molecule has 0 aromatic carbocycles. The fourth-order valence-corrected chi connectivity index (χ4v) is 2.01. The maximum Gasteiger partial charge on any atom is 0.319 e. The third kappa shape index (κ3) is 4.94. The van der Waals surface area contributed by atoms with Crippen LogP contribution >= 0.6 is 0 Å². The first kappa shape index (κ1) is 13.5. The van der Waals surface area contributed by atoms with Crippen molar-refractivity contribution in [3.63, 3.8) is 0 Å². The van der Waals surface area contributed by atoms with E-state index in [0.717, 1.165) is 32.5 Å². The largest absolute Gasteiger partial charge is 0.468 e. The average Bonchev–Trinajstić information content (AvgIpc) is 2.80. The van der Waals surface area contributed by atoms with E-state index in [4.69, 9.17) is 4.74 Å². The van der Waals surface area contributed by atoms with Crippen LogP contribution in [-0.2, 0) is 14.3 Å². The van der Waals surface area contributed by atoms with Crippen molar-refractivity contribution >= 4 is 5.97 Å². The Morgan fingerprint density at radius 3 is 2.94 bits per heavy atom. The molecule has 4 nitrogen and oxygen atoms in total. The van der Waals surface area contributed by atoms with Gasteiger partial charge in [0.25, 0.3) is 0 Å². The second-order valence-corrected chi connectivity index (χ2v) is 4.22. The van der Waals surface area contributed by atoms with E-state index in [1.165, 1.54) is 20.0 Å². The van der Waals surface area contributed by atoms with Gasteiger partial charge in [-0.25, -0.2) is 0 Å². The predicted molar refractivity (Wildman–Crippen MR) is 62.3 cm³/mol. The Kier molecular flexibility index (Phi) is 6.42. The minimum Gasteiger partial charge on any atom is -0.468 e. The second-order valence-electron chi connectivity index (χ2n) is 4.22. The van der Waals surface area contributed by atoms with E-state index >= 15 is 0 Å². The summed E-state index contributed by atoms with van der Waals surface area (Å²) in [5.41, 5.74) is 0. The molecule has 1 rings (SSSR count). The first-order chi connectivity index (χ1) is 7.76. The topological polar surface area (TPSA) is 38.8 Å². The molecule has 0 amide bonds. The Balaban J connectivity index is 2.10. The van der Waals surface area contributed by atoms with Crippen LogP contribution in [0.2, 0.25) is 0 Å². The molecule has 1 fully saturated rings. The van der Waals surface area contributed by atoms with Gasteiger partial charge in [-0.2, -0.15) is 0 Å². The van der Waals surface area contributed by atoms with Gasteiger partial charge in [0.1, 0.15) is 0 Å². The van der Waals surface area contributed by atoms with Crippen LogP contribution in [0.3, 0.4) is 0 Å². The summed E-state index contributed by atoms with van der Waals surface area (Å²) >= 11 is 0. The standard InChI is InChI=1S/C12H23NO3/c1-3-13(10-12(14)15-2)8-4-6-11-7-5-9-16-11/h11H,3-10H2,1-2H3. The molecule has 1 aliphatic rings.